The summed E-state index contributed by atoms with van der Waals surface area (Å²) in [5, 5.41) is 6.92. The van der Waals surface area contributed by atoms with Crippen LogP contribution in [0.4, 0.5) is 5.69 Å². The standard InChI is InChI=1S/C20H29N3OS/c1-19(2,3)16(22-18(25)21-13-9-7-6-8-10-13)17(24)23-11-14-15(12-23)20(14,4)5/h6-10,14-16H,11-12H2,1-5H3,(H2,21,22,25)/t14-,15+,16-/m1/s1. The van der Waals surface area contributed by atoms with Crippen LogP contribution >= 0.6 is 12.2 Å². The molecule has 2 fully saturated rings. The van der Waals surface area contributed by atoms with E-state index in [9.17, 15) is 4.79 Å². The molecule has 3 rings (SSSR count). The Morgan fingerprint density at radius 3 is 2.28 bits per heavy atom. The van der Waals surface area contributed by atoms with Crippen LogP contribution in [0.1, 0.15) is 34.6 Å². The zero-order valence-corrected chi connectivity index (χ0v) is 16.6. The van der Waals surface area contributed by atoms with E-state index >= 15 is 0 Å². The number of carbonyl (C=O) groups excluding carboxylic acids is 1. The van der Waals surface area contributed by atoms with Crippen molar-refractivity contribution in [1.82, 2.24) is 10.2 Å². The Labute approximate surface area is 156 Å². The predicted molar refractivity (Wildman–Crippen MR) is 106 cm³/mol. The van der Waals surface area contributed by atoms with Crippen LogP contribution in [0.25, 0.3) is 0 Å². The van der Waals surface area contributed by atoms with Gasteiger partial charge < -0.3 is 15.5 Å². The maximum Gasteiger partial charge on any atom is 0.245 e. The number of rotatable bonds is 3. The number of hydrogen-bond donors (Lipinski definition) is 2. The fourth-order valence-corrected chi connectivity index (χ4v) is 4.20. The van der Waals surface area contributed by atoms with Crippen LogP contribution in [-0.4, -0.2) is 35.1 Å². The summed E-state index contributed by atoms with van der Waals surface area (Å²) in [5.74, 6) is 1.48. The van der Waals surface area contributed by atoms with Gasteiger partial charge in [-0.3, -0.25) is 4.79 Å². The van der Waals surface area contributed by atoms with E-state index in [1.165, 1.54) is 0 Å². The van der Waals surface area contributed by atoms with Gasteiger partial charge >= 0.3 is 0 Å². The zero-order valence-electron chi connectivity index (χ0n) is 15.8. The topological polar surface area (TPSA) is 44.4 Å². The molecular weight excluding hydrogens is 330 g/mol. The fraction of sp³-hybridized carbons (Fsp3) is 0.600. The third-order valence-electron chi connectivity index (χ3n) is 5.85. The average molecular weight is 360 g/mol. The molecular formula is C20H29N3OS. The van der Waals surface area contributed by atoms with Crippen molar-refractivity contribution < 1.29 is 4.79 Å². The van der Waals surface area contributed by atoms with Gasteiger partial charge in [0.05, 0.1) is 0 Å². The number of nitrogens with one attached hydrogen (secondary N) is 2. The van der Waals surface area contributed by atoms with E-state index in [2.05, 4.69) is 45.3 Å². The molecule has 1 heterocycles. The Morgan fingerprint density at radius 2 is 1.76 bits per heavy atom. The van der Waals surface area contributed by atoms with Crippen LogP contribution < -0.4 is 10.6 Å². The van der Waals surface area contributed by atoms with E-state index in [4.69, 9.17) is 12.2 Å². The van der Waals surface area contributed by atoms with Crippen molar-refractivity contribution in [2.75, 3.05) is 18.4 Å². The Balaban J connectivity index is 1.64. The van der Waals surface area contributed by atoms with Gasteiger partial charge in [0.2, 0.25) is 5.91 Å². The van der Waals surface area contributed by atoms with Gasteiger partial charge in [-0.2, -0.15) is 0 Å². The van der Waals surface area contributed by atoms with Crippen LogP contribution in [0.5, 0.6) is 0 Å². The summed E-state index contributed by atoms with van der Waals surface area (Å²) in [7, 11) is 0. The molecule has 1 aromatic carbocycles. The first-order valence-electron chi connectivity index (χ1n) is 9.02. The second-order valence-corrected chi connectivity index (χ2v) is 9.45. The van der Waals surface area contributed by atoms with Crippen molar-refractivity contribution >= 4 is 28.9 Å². The lowest BCUT2D eigenvalue weighted by atomic mass is 9.85. The summed E-state index contributed by atoms with van der Waals surface area (Å²) in [4.78, 5) is 15.2. The fourth-order valence-electron chi connectivity index (χ4n) is 3.96. The molecule has 1 aromatic rings. The van der Waals surface area contributed by atoms with Gasteiger partial charge in [0, 0.05) is 18.8 Å². The second-order valence-electron chi connectivity index (χ2n) is 9.04. The van der Waals surface area contributed by atoms with E-state index in [1.807, 2.05) is 35.2 Å². The monoisotopic (exact) mass is 359 g/mol. The van der Waals surface area contributed by atoms with Crippen molar-refractivity contribution in [2.45, 2.75) is 40.7 Å². The first-order valence-corrected chi connectivity index (χ1v) is 9.43. The number of carbonyl (C=O) groups is 1. The summed E-state index contributed by atoms with van der Waals surface area (Å²) >= 11 is 5.45. The predicted octanol–water partition coefficient (Wildman–Crippen LogP) is 3.50. The van der Waals surface area contributed by atoms with Gasteiger partial charge in [-0.15, -0.1) is 0 Å². The van der Waals surface area contributed by atoms with Crippen LogP contribution in [0, 0.1) is 22.7 Å². The van der Waals surface area contributed by atoms with Crippen molar-refractivity contribution in [3.8, 4) is 0 Å². The van der Waals surface area contributed by atoms with Gasteiger partial charge in [0.1, 0.15) is 6.04 Å². The molecule has 0 unspecified atom stereocenters. The second kappa shape index (κ2) is 6.27. The molecule has 1 aliphatic carbocycles. The van der Waals surface area contributed by atoms with E-state index in [0.717, 1.165) is 18.8 Å². The number of likely N-dealkylation sites (tertiary alicyclic amines) is 1. The summed E-state index contributed by atoms with van der Waals surface area (Å²) in [5.41, 5.74) is 1.11. The minimum atomic E-state index is -0.336. The molecule has 25 heavy (non-hydrogen) atoms. The molecule has 1 saturated heterocycles. The van der Waals surface area contributed by atoms with Gasteiger partial charge in [0.25, 0.3) is 0 Å². The van der Waals surface area contributed by atoms with Gasteiger partial charge in [0.15, 0.2) is 5.11 Å². The Hall–Kier alpha value is -1.62. The van der Waals surface area contributed by atoms with Crippen molar-refractivity contribution in [1.29, 1.82) is 0 Å². The van der Waals surface area contributed by atoms with Crippen LogP contribution in [0.3, 0.4) is 0 Å². The van der Waals surface area contributed by atoms with E-state index < -0.39 is 0 Å². The van der Waals surface area contributed by atoms with E-state index in [-0.39, 0.29) is 17.4 Å². The van der Waals surface area contributed by atoms with E-state index in [1.54, 1.807) is 0 Å². The minimum Gasteiger partial charge on any atom is -0.350 e. The molecule has 4 nitrogen and oxygen atoms in total. The average Bonchev–Trinajstić information content (AvgIpc) is 2.90. The molecule has 0 bridgehead atoms. The number of para-hydroxylation sites is 1. The SMILES string of the molecule is CC(C)(C)[C@H](NC(=S)Nc1ccccc1)C(=O)N1C[C@@H]2[C@H](C1)C2(C)C. The van der Waals surface area contributed by atoms with Crippen LogP contribution in [0.15, 0.2) is 30.3 Å². The Morgan fingerprint density at radius 1 is 1.20 bits per heavy atom. The number of fused-ring (bicyclic) bond motifs is 1. The molecule has 2 aliphatic rings. The van der Waals surface area contributed by atoms with Crippen molar-refractivity contribution in [2.24, 2.45) is 22.7 Å². The summed E-state index contributed by atoms with van der Waals surface area (Å²) in [6.07, 6.45) is 0. The molecule has 1 amide bonds. The lowest BCUT2D eigenvalue weighted by molar-refractivity contribution is -0.135. The molecule has 3 atom stereocenters. The molecule has 2 N–H and O–H groups in total. The lowest BCUT2D eigenvalue weighted by Crippen LogP contribution is -2.55. The highest BCUT2D eigenvalue weighted by molar-refractivity contribution is 7.80. The summed E-state index contributed by atoms with van der Waals surface area (Å²) in [6.45, 7) is 12.6. The van der Waals surface area contributed by atoms with Gasteiger partial charge in [-0.25, -0.2) is 0 Å². The molecule has 5 heteroatoms. The molecule has 136 valence electrons. The number of thiocarbonyl (C=S) groups is 1. The quantitative estimate of drug-likeness (QED) is 0.811. The third-order valence-corrected chi connectivity index (χ3v) is 6.07. The van der Waals surface area contributed by atoms with Gasteiger partial charge in [-0.05, 0) is 47.0 Å². The number of hydrogen-bond acceptors (Lipinski definition) is 2. The van der Waals surface area contributed by atoms with E-state index in [0.29, 0.717) is 22.4 Å². The highest BCUT2D eigenvalue weighted by Gasteiger charge is 2.63. The maximum absolute atomic E-state index is 13.1. The highest BCUT2D eigenvalue weighted by Crippen LogP contribution is 2.62. The number of piperidine rings is 1. The Bertz CT molecular complexity index is 651. The molecule has 1 saturated carbocycles. The molecule has 0 radical (unpaired) electrons. The molecule has 0 spiro atoms. The van der Waals surface area contributed by atoms with Crippen molar-refractivity contribution in [3.05, 3.63) is 30.3 Å². The Kier molecular flexibility index (Phi) is 4.56. The lowest BCUT2D eigenvalue weighted by Gasteiger charge is -2.35. The van der Waals surface area contributed by atoms with Crippen molar-refractivity contribution in [3.63, 3.8) is 0 Å². The number of anilines is 1. The third kappa shape index (κ3) is 3.66. The number of nitrogens with zero attached hydrogens (tertiary/aromatic N) is 1. The first-order chi connectivity index (χ1) is 11.6. The number of benzene rings is 1. The number of amides is 1. The van der Waals surface area contributed by atoms with Gasteiger partial charge in [-0.1, -0.05) is 52.8 Å². The zero-order chi connectivity index (χ0) is 18.4. The first kappa shape index (κ1) is 18.2. The summed E-state index contributed by atoms with van der Waals surface area (Å²) < 4.78 is 0. The largest absolute Gasteiger partial charge is 0.350 e. The molecule has 1 aliphatic heterocycles. The smallest absolute Gasteiger partial charge is 0.245 e. The highest BCUT2D eigenvalue weighted by atomic mass is 32.1. The van der Waals surface area contributed by atoms with Crippen LogP contribution in [-0.2, 0) is 4.79 Å². The van der Waals surface area contributed by atoms with Crippen LogP contribution in [0.2, 0.25) is 0 Å². The molecule has 0 aromatic heterocycles. The summed E-state index contributed by atoms with van der Waals surface area (Å²) in [6, 6.07) is 9.45. The maximum atomic E-state index is 13.1. The minimum absolute atomic E-state index is 0.160. The normalized spacial score (nSPS) is 25.1.